The van der Waals surface area contributed by atoms with E-state index in [0.717, 1.165) is 0 Å². The maximum absolute atomic E-state index is 11.6. The highest BCUT2D eigenvalue weighted by Gasteiger charge is 2.22. The summed E-state index contributed by atoms with van der Waals surface area (Å²) in [5, 5.41) is 22.8. The molecular formula is C21H23N5O5S. The first-order valence-electron chi connectivity index (χ1n) is 10.00. The van der Waals surface area contributed by atoms with E-state index in [9.17, 15) is 10.1 Å². The zero-order valence-corrected chi connectivity index (χ0v) is 18.5. The quantitative estimate of drug-likeness (QED) is 0.195. The number of rotatable bonds is 11. The number of hydrogen-bond donors (Lipinski definition) is 1. The molecule has 0 radical (unpaired) electrons. The molecule has 11 heteroatoms. The summed E-state index contributed by atoms with van der Waals surface area (Å²) in [5.41, 5.74) is 0.247. The highest BCUT2D eigenvalue weighted by molar-refractivity contribution is 7.71. The van der Waals surface area contributed by atoms with Gasteiger partial charge in [0.2, 0.25) is 10.5 Å². The molecule has 10 nitrogen and oxygen atoms in total. The lowest BCUT2D eigenvalue weighted by Crippen LogP contribution is -2.06. The summed E-state index contributed by atoms with van der Waals surface area (Å²) in [6.07, 6.45) is 2.15. The minimum Gasteiger partial charge on any atom is -0.490 e. The van der Waals surface area contributed by atoms with Crippen molar-refractivity contribution in [1.82, 2.24) is 14.9 Å². The van der Waals surface area contributed by atoms with E-state index in [2.05, 4.69) is 15.3 Å². The fourth-order valence-corrected chi connectivity index (χ4v) is 2.95. The molecule has 0 aliphatic heterocycles. The lowest BCUT2D eigenvalue weighted by atomic mass is 10.2. The van der Waals surface area contributed by atoms with Gasteiger partial charge in [-0.1, -0.05) is 25.1 Å². The maximum Gasteiger partial charge on any atom is 0.315 e. The van der Waals surface area contributed by atoms with Crippen LogP contribution in [-0.2, 0) is 6.61 Å². The number of H-pyrrole nitrogens is 1. The van der Waals surface area contributed by atoms with Crippen molar-refractivity contribution in [2.45, 2.75) is 26.9 Å². The minimum absolute atomic E-state index is 0.104. The van der Waals surface area contributed by atoms with E-state index in [4.69, 9.17) is 26.4 Å². The number of nitro benzene ring substituents is 1. The van der Waals surface area contributed by atoms with Crippen LogP contribution < -0.4 is 14.2 Å². The molecule has 0 unspecified atom stereocenters. The average Bonchev–Trinajstić information content (AvgIpc) is 3.15. The summed E-state index contributed by atoms with van der Waals surface area (Å²) in [6, 6.07) is 12.3. The molecule has 3 rings (SSSR count). The van der Waals surface area contributed by atoms with Crippen LogP contribution in [0.1, 0.15) is 31.7 Å². The topological polar surface area (TPSA) is 117 Å². The number of nitro groups is 1. The van der Waals surface area contributed by atoms with Gasteiger partial charge in [-0.05, 0) is 43.8 Å². The van der Waals surface area contributed by atoms with Crippen LogP contribution in [0.15, 0.2) is 47.6 Å². The van der Waals surface area contributed by atoms with Crippen molar-refractivity contribution >= 4 is 24.1 Å². The standard InChI is InChI=1S/C21H23N5O5S/c1-3-10-30-20-17(26(27)28)11-15(12-18(20)29-4-2)13-22-25-19(23-24-21(25)32)14-31-16-8-6-5-7-9-16/h5-9,11-13H,3-4,10,14H2,1-2H3,(H,24,32)/b22-13-. The van der Waals surface area contributed by atoms with Crippen LogP contribution in [0.4, 0.5) is 5.69 Å². The van der Waals surface area contributed by atoms with Crippen LogP contribution in [0, 0.1) is 14.9 Å². The van der Waals surface area contributed by atoms with Gasteiger partial charge in [0, 0.05) is 11.6 Å². The van der Waals surface area contributed by atoms with E-state index < -0.39 is 4.92 Å². The number of para-hydroxylation sites is 1. The summed E-state index contributed by atoms with van der Waals surface area (Å²) in [5.74, 6) is 1.50. The first-order chi connectivity index (χ1) is 15.5. The normalized spacial score (nSPS) is 10.9. The molecule has 0 aliphatic rings. The molecule has 2 aromatic carbocycles. The molecule has 0 bridgehead atoms. The van der Waals surface area contributed by atoms with Crippen LogP contribution in [0.2, 0.25) is 0 Å². The van der Waals surface area contributed by atoms with Crippen LogP contribution >= 0.6 is 12.2 Å². The summed E-state index contributed by atoms with van der Waals surface area (Å²) in [4.78, 5) is 11.1. The molecule has 1 heterocycles. The molecule has 0 fully saturated rings. The van der Waals surface area contributed by atoms with Crippen molar-refractivity contribution in [2.24, 2.45) is 5.10 Å². The predicted octanol–water partition coefficient (Wildman–Crippen LogP) is 4.50. The van der Waals surface area contributed by atoms with E-state index in [1.807, 2.05) is 37.3 Å². The molecule has 0 atom stereocenters. The molecule has 3 aromatic rings. The molecule has 0 spiro atoms. The Balaban J connectivity index is 1.89. The second-order valence-electron chi connectivity index (χ2n) is 6.51. The number of nitrogens with zero attached hydrogens (tertiary/aromatic N) is 4. The van der Waals surface area contributed by atoms with Gasteiger partial charge >= 0.3 is 5.69 Å². The third kappa shape index (κ3) is 5.70. The van der Waals surface area contributed by atoms with Gasteiger partial charge in [-0.2, -0.15) is 14.9 Å². The van der Waals surface area contributed by atoms with Crippen molar-refractivity contribution < 1.29 is 19.1 Å². The third-order valence-corrected chi connectivity index (χ3v) is 4.42. The van der Waals surface area contributed by atoms with Gasteiger partial charge in [-0.25, -0.2) is 5.10 Å². The Morgan fingerprint density at radius 3 is 2.69 bits per heavy atom. The zero-order chi connectivity index (χ0) is 22.9. The van der Waals surface area contributed by atoms with Crippen molar-refractivity contribution in [3.8, 4) is 17.2 Å². The van der Waals surface area contributed by atoms with Gasteiger partial charge in [0.25, 0.3) is 0 Å². The van der Waals surface area contributed by atoms with Crippen molar-refractivity contribution in [3.63, 3.8) is 0 Å². The predicted molar refractivity (Wildman–Crippen MR) is 121 cm³/mol. The first kappa shape index (κ1) is 22.9. The molecule has 1 aromatic heterocycles. The molecule has 0 saturated carbocycles. The van der Waals surface area contributed by atoms with Crippen molar-refractivity contribution in [1.29, 1.82) is 0 Å². The van der Waals surface area contributed by atoms with Gasteiger partial charge in [-0.3, -0.25) is 10.1 Å². The monoisotopic (exact) mass is 457 g/mol. The maximum atomic E-state index is 11.6. The van der Waals surface area contributed by atoms with E-state index in [1.54, 1.807) is 13.0 Å². The summed E-state index contributed by atoms with van der Waals surface area (Å²) in [6.45, 7) is 4.50. The molecule has 0 aliphatic carbocycles. The molecule has 0 amide bonds. The Labute approximate surface area is 189 Å². The Hall–Kier alpha value is -3.73. The average molecular weight is 458 g/mol. The molecule has 1 N–H and O–H groups in total. The summed E-state index contributed by atoms with van der Waals surface area (Å²) >= 11 is 5.25. The third-order valence-electron chi connectivity index (χ3n) is 4.16. The summed E-state index contributed by atoms with van der Waals surface area (Å²) in [7, 11) is 0. The van der Waals surface area contributed by atoms with Gasteiger partial charge in [-0.15, -0.1) is 0 Å². The van der Waals surface area contributed by atoms with Gasteiger partial charge in [0.05, 0.1) is 24.4 Å². The van der Waals surface area contributed by atoms with E-state index >= 15 is 0 Å². The van der Waals surface area contributed by atoms with Gasteiger partial charge in [0.1, 0.15) is 12.4 Å². The minimum atomic E-state index is -0.506. The van der Waals surface area contributed by atoms with Gasteiger partial charge < -0.3 is 14.2 Å². The van der Waals surface area contributed by atoms with Crippen LogP contribution in [-0.4, -0.2) is 39.2 Å². The molecule has 32 heavy (non-hydrogen) atoms. The molecule has 0 saturated heterocycles. The Bertz CT molecular complexity index is 1140. The number of ether oxygens (including phenoxy) is 3. The molecule has 168 valence electrons. The Kier molecular flexibility index (Phi) is 7.92. The largest absolute Gasteiger partial charge is 0.490 e. The number of aromatic amines is 1. The Morgan fingerprint density at radius 1 is 1.22 bits per heavy atom. The summed E-state index contributed by atoms with van der Waals surface area (Å²) < 4.78 is 18.5. The second-order valence-corrected chi connectivity index (χ2v) is 6.90. The SMILES string of the molecule is CCCOc1c(OCC)cc(/C=N\n2c(COc3ccccc3)n[nH]c2=S)cc1[N+](=O)[O-]. The number of benzene rings is 2. The van der Waals surface area contributed by atoms with Gasteiger partial charge in [0.15, 0.2) is 11.6 Å². The Morgan fingerprint density at radius 2 is 2.00 bits per heavy atom. The molecular weight excluding hydrogens is 434 g/mol. The van der Waals surface area contributed by atoms with E-state index in [1.165, 1.54) is 17.0 Å². The zero-order valence-electron chi connectivity index (χ0n) is 17.7. The number of hydrogen-bond acceptors (Lipinski definition) is 8. The van der Waals surface area contributed by atoms with E-state index in [-0.39, 0.29) is 28.6 Å². The number of nitrogens with one attached hydrogen (secondary N) is 1. The van der Waals surface area contributed by atoms with Crippen molar-refractivity contribution in [3.05, 3.63) is 68.7 Å². The smallest absolute Gasteiger partial charge is 0.315 e. The van der Waals surface area contributed by atoms with Crippen LogP contribution in [0.25, 0.3) is 0 Å². The van der Waals surface area contributed by atoms with Crippen LogP contribution in [0.3, 0.4) is 0 Å². The fourth-order valence-electron chi connectivity index (χ4n) is 2.76. The van der Waals surface area contributed by atoms with Crippen LogP contribution in [0.5, 0.6) is 17.2 Å². The lowest BCUT2D eigenvalue weighted by Gasteiger charge is -2.12. The number of aromatic nitrogens is 3. The highest BCUT2D eigenvalue weighted by Crippen LogP contribution is 2.38. The first-order valence-corrected chi connectivity index (χ1v) is 10.4. The fraction of sp³-hybridized carbons (Fsp3) is 0.286. The highest BCUT2D eigenvalue weighted by atomic mass is 32.1. The lowest BCUT2D eigenvalue weighted by molar-refractivity contribution is -0.386. The van der Waals surface area contributed by atoms with Crippen molar-refractivity contribution in [2.75, 3.05) is 13.2 Å². The van der Waals surface area contributed by atoms with E-state index in [0.29, 0.717) is 36.8 Å². The second kappa shape index (κ2) is 11.0.